The van der Waals surface area contributed by atoms with Crippen molar-refractivity contribution in [3.05, 3.63) is 12.2 Å². The monoisotopic (exact) mass is 198 g/mol. The molecule has 0 aliphatic carbocycles. The van der Waals surface area contributed by atoms with Gasteiger partial charge in [0, 0.05) is 6.04 Å². The van der Waals surface area contributed by atoms with E-state index in [4.69, 9.17) is 10.8 Å². The van der Waals surface area contributed by atoms with Gasteiger partial charge in [0.25, 0.3) is 0 Å². The molecule has 1 heterocycles. The van der Waals surface area contributed by atoms with Crippen molar-refractivity contribution in [2.75, 3.05) is 0 Å². The minimum Gasteiger partial charge on any atom is -0.481 e. The van der Waals surface area contributed by atoms with E-state index in [2.05, 4.69) is 10.1 Å². The Morgan fingerprint density at radius 3 is 2.86 bits per heavy atom. The zero-order chi connectivity index (χ0) is 10.7. The smallest absolute Gasteiger partial charge is 0.305 e. The predicted octanol–water partition coefficient (Wildman–Crippen LogP) is 0.333. The summed E-state index contributed by atoms with van der Waals surface area (Å²) in [6.45, 7) is 3.87. The quantitative estimate of drug-likeness (QED) is 0.727. The number of nitrogens with two attached hydrogens (primary N) is 1. The molecule has 3 N–H and O–H groups in total. The molecule has 0 aliphatic heterocycles. The molecular formula is C8H14N4O2. The fraction of sp³-hybridized carbons (Fsp3) is 0.625. The van der Waals surface area contributed by atoms with E-state index in [9.17, 15) is 4.79 Å². The molecule has 6 nitrogen and oxygen atoms in total. The van der Waals surface area contributed by atoms with Crippen molar-refractivity contribution in [3.63, 3.8) is 0 Å². The Balaban J connectivity index is 2.83. The lowest BCUT2D eigenvalue weighted by atomic mass is 10.2. The summed E-state index contributed by atoms with van der Waals surface area (Å²) in [4.78, 5) is 14.4. The SMILES string of the molecule is CC(C)n1ncnc1C(N)CC(=O)O. The zero-order valence-corrected chi connectivity index (χ0v) is 8.21. The van der Waals surface area contributed by atoms with Gasteiger partial charge in [-0.3, -0.25) is 4.79 Å². The van der Waals surface area contributed by atoms with E-state index in [1.807, 2.05) is 13.8 Å². The maximum atomic E-state index is 10.4. The molecule has 6 heteroatoms. The fourth-order valence-corrected chi connectivity index (χ4v) is 1.20. The van der Waals surface area contributed by atoms with Crippen LogP contribution in [0, 0.1) is 0 Å². The molecule has 78 valence electrons. The molecule has 0 bridgehead atoms. The van der Waals surface area contributed by atoms with Gasteiger partial charge >= 0.3 is 5.97 Å². The number of carboxylic acid groups (broad SMARTS) is 1. The number of hydrogen-bond donors (Lipinski definition) is 2. The fourth-order valence-electron chi connectivity index (χ4n) is 1.20. The number of hydrogen-bond acceptors (Lipinski definition) is 4. The van der Waals surface area contributed by atoms with Gasteiger partial charge in [0.2, 0.25) is 0 Å². The van der Waals surface area contributed by atoms with Crippen LogP contribution in [0.25, 0.3) is 0 Å². The molecule has 1 rings (SSSR count). The first-order chi connectivity index (χ1) is 6.52. The highest BCUT2D eigenvalue weighted by molar-refractivity contribution is 5.67. The molecule has 0 radical (unpaired) electrons. The molecule has 1 atom stereocenters. The Labute approximate surface area is 81.7 Å². The maximum absolute atomic E-state index is 10.4. The van der Waals surface area contributed by atoms with Crippen LogP contribution in [0.4, 0.5) is 0 Å². The van der Waals surface area contributed by atoms with Gasteiger partial charge in [0.05, 0.1) is 12.5 Å². The Hall–Kier alpha value is -1.43. The van der Waals surface area contributed by atoms with Crippen LogP contribution < -0.4 is 5.73 Å². The summed E-state index contributed by atoms with van der Waals surface area (Å²) in [5.41, 5.74) is 5.67. The minimum atomic E-state index is -0.934. The van der Waals surface area contributed by atoms with E-state index >= 15 is 0 Å². The Morgan fingerprint density at radius 2 is 2.36 bits per heavy atom. The highest BCUT2D eigenvalue weighted by Crippen LogP contribution is 2.14. The summed E-state index contributed by atoms with van der Waals surface area (Å²) in [5.74, 6) is -0.418. The molecule has 0 amide bonds. The summed E-state index contributed by atoms with van der Waals surface area (Å²) in [7, 11) is 0. The normalized spacial score (nSPS) is 13.1. The van der Waals surface area contributed by atoms with E-state index in [0.717, 1.165) is 0 Å². The molecule has 0 fully saturated rings. The number of carboxylic acids is 1. The van der Waals surface area contributed by atoms with Crippen LogP contribution in [0.1, 0.15) is 38.2 Å². The largest absolute Gasteiger partial charge is 0.481 e. The third-order valence-electron chi connectivity index (χ3n) is 1.82. The molecule has 1 unspecified atom stereocenters. The summed E-state index contributed by atoms with van der Waals surface area (Å²) in [6.07, 6.45) is 1.25. The molecule has 0 spiro atoms. The Morgan fingerprint density at radius 1 is 1.71 bits per heavy atom. The van der Waals surface area contributed by atoms with Crippen LogP contribution in [-0.4, -0.2) is 25.8 Å². The molecule has 0 aliphatic rings. The van der Waals surface area contributed by atoms with Gasteiger partial charge in [-0.1, -0.05) is 0 Å². The molecule has 1 aromatic heterocycles. The van der Waals surface area contributed by atoms with Crippen molar-refractivity contribution in [2.24, 2.45) is 5.73 Å². The van der Waals surface area contributed by atoms with Crippen LogP contribution in [0.3, 0.4) is 0 Å². The minimum absolute atomic E-state index is 0.132. The molecule has 0 saturated heterocycles. The topological polar surface area (TPSA) is 94.0 Å². The first-order valence-electron chi connectivity index (χ1n) is 4.39. The van der Waals surface area contributed by atoms with Crippen LogP contribution in [0.2, 0.25) is 0 Å². The van der Waals surface area contributed by atoms with Gasteiger partial charge in [-0.15, -0.1) is 0 Å². The van der Waals surface area contributed by atoms with Gasteiger partial charge in [-0.05, 0) is 13.8 Å². The van der Waals surface area contributed by atoms with Crippen molar-refractivity contribution < 1.29 is 9.90 Å². The second-order valence-corrected chi connectivity index (χ2v) is 3.36. The second kappa shape index (κ2) is 4.19. The van der Waals surface area contributed by atoms with Crippen molar-refractivity contribution in [3.8, 4) is 0 Å². The van der Waals surface area contributed by atoms with Crippen molar-refractivity contribution in [1.29, 1.82) is 0 Å². The van der Waals surface area contributed by atoms with Crippen LogP contribution >= 0.6 is 0 Å². The highest BCUT2D eigenvalue weighted by Gasteiger charge is 2.17. The number of aliphatic carboxylic acids is 1. The summed E-state index contributed by atoms with van der Waals surface area (Å²) < 4.78 is 1.63. The van der Waals surface area contributed by atoms with Gasteiger partial charge in [-0.25, -0.2) is 9.67 Å². The van der Waals surface area contributed by atoms with Gasteiger partial charge in [-0.2, -0.15) is 5.10 Å². The van der Waals surface area contributed by atoms with Gasteiger partial charge < -0.3 is 10.8 Å². The number of carbonyl (C=O) groups is 1. The Bertz CT molecular complexity index is 321. The van der Waals surface area contributed by atoms with Crippen LogP contribution in [0.5, 0.6) is 0 Å². The van der Waals surface area contributed by atoms with E-state index in [-0.39, 0.29) is 12.5 Å². The number of rotatable bonds is 4. The summed E-state index contributed by atoms with van der Waals surface area (Å²) in [5, 5.41) is 12.6. The lowest BCUT2D eigenvalue weighted by Gasteiger charge is -2.13. The van der Waals surface area contributed by atoms with Gasteiger partial charge in [0.1, 0.15) is 12.2 Å². The molecule has 1 aromatic rings. The molecule has 0 saturated carbocycles. The maximum Gasteiger partial charge on any atom is 0.305 e. The van der Waals surface area contributed by atoms with E-state index in [0.29, 0.717) is 5.82 Å². The third kappa shape index (κ3) is 2.29. The standard InChI is InChI=1S/C8H14N4O2/c1-5(2)12-8(10-4-11-12)6(9)3-7(13)14/h4-6H,3,9H2,1-2H3,(H,13,14). The van der Waals surface area contributed by atoms with Gasteiger partial charge in [0.15, 0.2) is 0 Å². The average Bonchev–Trinajstić information content (AvgIpc) is 2.49. The van der Waals surface area contributed by atoms with Crippen molar-refractivity contribution in [2.45, 2.75) is 32.4 Å². The zero-order valence-electron chi connectivity index (χ0n) is 8.21. The van der Waals surface area contributed by atoms with Crippen molar-refractivity contribution in [1.82, 2.24) is 14.8 Å². The average molecular weight is 198 g/mol. The Kier molecular flexibility index (Phi) is 3.19. The second-order valence-electron chi connectivity index (χ2n) is 3.36. The molecular weight excluding hydrogens is 184 g/mol. The summed E-state index contributed by atoms with van der Waals surface area (Å²) in [6, 6.07) is -0.468. The number of nitrogens with zero attached hydrogens (tertiary/aromatic N) is 3. The van der Waals surface area contributed by atoms with E-state index in [1.54, 1.807) is 4.68 Å². The molecule has 0 aromatic carbocycles. The first-order valence-corrected chi connectivity index (χ1v) is 4.39. The lowest BCUT2D eigenvalue weighted by molar-refractivity contribution is -0.137. The van der Waals surface area contributed by atoms with E-state index in [1.165, 1.54) is 6.33 Å². The van der Waals surface area contributed by atoms with Crippen LogP contribution in [-0.2, 0) is 4.79 Å². The number of aromatic nitrogens is 3. The predicted molar refractivity (Wildman–Crippen MR) is 49.6 cm³/mol. The highest BCUT2D eigenvalue weighted by atomic mass is 16.4. The van der Waals surface area contributed by atoms with E-state index < -0.39 is 12.0 Å². The first kappa shape index (κ1) is 10.6. The van der Waals surface area contributed by atoms with Crippen LogP contribution in [0.15, 0.2) is 6.33 Å². The molecule has 14 heavy (non-hydrogen) atoms. The summed E-state index contributed by atoms with van der Waals surface area (Å²) >= 11 is 0. The van der Waals surface area contributed by atoms with Crippen molar-refractivity contribution >= 4 is 5.97 Å². The third-order valence-corrected chi connectivity index (χ3v) is 1.82. The lowest BCUT2D eigenvalue weighted by Crippen LogP contribution is -2.21.